The molecule has 0 bridgehead atoms. The van der Waals surface area contributed by atoms with E-state index < -0.39 is 0 Å². The van der Waals surface area contributed by atoms with Crippen molar-refractivity contribution in [1.82, 2.24) is 4.90 Å². The molecule has 4 nitrogen and oxygen atoms in total. The van der Waals surface area contributed by atoms with Crippen molar-refractivity contribution in [2.24, 2.45) is 0 Å². The average Bonchev–Trinajstić information content (AvgIpc) is 2.21. The van der Waals surface area contributed by atoms with Crippen LogP contribution in [-0.2, 0) is 14.4 Å². The van der Waals surface area contributed by atoms with E-state index in [0.29, 0.717) is 19.4 Å². The maximum Gasteiger partial charge on any atom is 0.228 e. The molecule has 0 aromatic heterocycles. The minimum Gasteiger partial charge on any atom is -0.300 e. The summed E-state index contributed by atoms with van der Waals surface area (Å²) in [7, 11) is 0. The van der Waals surface area contributed by atoms with Gasteiger partial charge < -0.3 is 4.79 Å². The lowest BCUT2D eigenvalue weighted by atomic mass is 10.1. The summed E-state index contributed by atoms with van der Waals surface area (Å²) in [5.74, 6) is -0.134. The average molecular weight is 227 g/mol. The normalized spacial score (nSPS) is 9.94. The SMILES string of the molecule is CCC(=O)N(CCCCCC(C)=O)C(C)=O. The first-order valence-corrected chi connectivity index (χ1v) is 5.79. The molecule has 0 aromatic carbocycles. The number of amides is 2. The van der Waals surface area contributed by atoms with Crippen LogP contribution in [0.5, 0.6) is 0 Å². The minimum absolute atomic E-state index is 0.126. The molecule has 16 heavy (non-hydrogen) atoms. The number of unbranched alkanes of at least 4 members (excludes halogenated alkanes) is 2. The molecule has 0 saturated heterocycles. The smallest absolute Gasteiger partial charge is 0.228 e. The second kappa shape index (κ2) is 8.02. The number of rotatable bonds is 7. The van der Waals surface area contributed by atoms with Gasteiger partial charge in [-0.3, -0.25) is 14.5 Å². The second-order valence-corrected chi connectivity index (χ2v) is 3.93. The Labute approximate surface area is 97.0 Å². The van der Waals surface area contributed by atoms with Gasteiger partial charge in [-0.25, -0.2) is 0 Å². The molecular formula is C12H21NO3. The minimum atomic E-state index is -0.196. The van der Waals surface area contributed by atoms with Gasteiger partial charge >= 0.3 is 0 Å². The number of ketones is 1. The Morgan fingerprint density at radius 1 is 1.00 bits per heavy atom. The first kappa shape index (κ1) is 14.8. The van der Waals surface area contributed by atoms with Crippen molar-refractivity contribution < 1.29 is 14.4 Å². The Balaban J connectivity index is 3.82. The predicted molar refractivity (Wildman–Crippen MR) is 61.8 cm³/mol. The maximum atomic E-state index is 11.4. The second-order valence-electron chi connectivity index (χ2n) is 3.93. The van der Waals surface area contributed by atoms with Gasteiger partial charge in [0, 0.05) is 26.3 Å². The van der Waals surface area contributed by atoms with Crippen molar-refractivity contribution in [1.29, 1.82) is 0 Å². The summed E-state index contributed by atoms with van der Waals surface area (Å²) in [6.07, 6.45) is 3.43. The van der Waals surface area contributed by atoms with E-state index >= 15 is 0 Å². The van der Waals surface area contributed by atoms with E-state index in [-0.39, 0.29) is 17.6 Å². The first-order valence-electron chi connectivity index (χ1n) is 5.79. The van der Waals surface area contributed by atoms with Gasteiger partial charge in [0.15, 0.2) is 0 Å². The molecule has 0 unspecified atom stereocenters. The Hall–Kier alpha value is -1.19. The molecule has 0 N–H and O–H groups in total. The van der Waals surface area contributed by atoms with Crippen LogP contribution >= 0.6 is 0 Å². The predicted octanol–water partition coefficient (Wildman–Crippen LogP) is 1.92. The summed E-state index contributed by atoms with van der Waals surface area (Å²) in [5.41, 5.74) is 0. The number of carbonyl (C=O) groups is 3. The molecular weight excluding hydrogens is 206 g/mol. The van der Waals surface area contributed by atoms with Gasteiger partial charge in [-0.2, -0.15) is 0 Å². The van der Waals surface area contributed by atoms with Gasteiger partial charge in [-0.1, -0.05) is 13.3 Å². The largest absolute Gasteiger partial charge is 0.300 e. The standard InChI is InChI=1S/C12H21NO3/c1-4-12(16)13(11(3)15)9-7-5-6-8-10(2)14/h4-9H2,1-3H3. The van der Waals surface area contributed by atoms with Crippen LogP contribution in [-0.4, -0.2) is 29.0 Å². The molecule has 4 heteroatoms. The van der Waals surface area contributed by atoms with Crippen molar-refractivity contribution >= 4 is 17.6 Å². The number of hydrogen-bond acceptors (Lipinski definition) is 3. The zero-order valence-corrected chi connectivity index (χ0v) is 10.4. The fourth-order valence-electron chi connectivity index (χ4n) is 1.47. The maximum absolute atomic E-state index is 11.4. The van der Waals surface area contributed by atoms with Crippen molar-refractivity contribution in [3.8, 4) is 0 Å². The molecule has 0 rings (SSSR count). The van der Waals surface area contributed by atoms with Gasteiger partial charge in [-0.05, 0) is 19.8 Å². The van der Waals surface area contributed by atoms with E-state index in [0.717, 1.165) is 19.3 Å². The van der Waals surface area contributed by atoms with Crippen LogP contribution in [0.25, 0.3) is 0 Å². The Bertz CT molecular complexity index is 261. The molecule has 0 spiro atoms. The van der Waals surface area contributed by atoms with Gasteiger partial charge in [-0.15, -0.1) is 0 Å². The van der Waals surface area contributed by atoms with Crippen molar-refractivity contribution in [3.63, 3.8) is 0 Å². The summed E-state index contributed by atoms with van der Waals surface area (Å²) < 4.78 is 0. The van der Waals surface area contributed by atoms with Crippen LogP contribution in [0.2, 0.25) is 0 Å². The van der Waals surface area contributed by atoms with E-state index in [1.165, 1.54) is 11.8 Å². The molecule has 0 heterocycles. The number of nitrogens with zero attached hydrogens (tertiary/aromatic N) is 1. The summed E-state index contributed by atoms with van der Waals surface area (Å²) in [5, 5.41) is 0. The third-order valence-electron chi connectivity index (χ3n) is 2.39. The van der Waals surface area contributed by atoms with Crippen LogP contribution in [0.15, 0.2) is 0 Å². The quantitative estimate of drug-likeness (QED) is 0.624. The molecule has 0 aliphatic rings. The highest BCUT2D eigenvalue weighted by atomic mass is 16.2. The van der Waals surface area contributed by atoms with Gasteiger partial charge in [0.1, 0.15) is 5.78 Å². The monoisotopic (exact) mass is 227 g/mol. The molecule has 92 valence electrons. The van der Waals surface area contributed by atoms with Crippen LogP contribution in [0, 0.1) is 0 Å². The van der Waals surface area contributed by atoms with Crippen LogP contribution in [0.3, 0.4) is 0 Å². The topological polar surface area (TPSA) is 54.5 Å². The molecule has 0 aliphatic heterocycles. The zero-order chi connectivity index (χ0) is 12.6. The fraction of sp³-hybridized carbons (Fsp3) is 0.750. The molecule has 0 aromatic rings. The zero-order valence-electron chi connectivity index (χ0n) is 10.4. The van der Waals surface area contributed by atoms with E-state index in [1.807, 2.05) is 0 Å². The highest BCUT2D eigenvalue weighted by Crippen LogP contribution is 2.04. The summed E-state index contributed by atoms with van der Waals surface area (Å²) >= 11 is 0. The van der Waals surface area contributed by atoms with E-state index in [2.05, 4.69) is 0 Å². The number of imide groups is 1. The molecule has 0 radical (unpaired) electrons. The Morgan fingerprint density at radius 3 is 2.06 bits per heavy atom. The van der Waals surface area contributed by atoms with Crippen LogP contribution in [0.1, 0.15) is 52.9 Å². The van der Waals surface area contributed by atoms with Crippen molar-refractivity contribution in [3.05, 3.63) is 0 Å². The van der Waals surface area contributed by atoms with E-state index in [4.69, 9.17) is 0 Å². The van der Waals surface area contributed by atoms with Gasteiger partial charge in [0.25, 0.3) is 0 Å². The van der Waals surface area contributed by atoms with Crippen molar-refractivity contribution in [2.45, 2.75) is 52.9 Å². The van der Waals surface area contributed by atoms with Gasteiger partial charge in [0.05, 0.1) is 0 Å². The highest BCUT2D eigenvalue weighted by Gasteiger charge is 2.14. The third-order valence-corrected chi connectivity index (χ3v) is 2.39. The lowest BCUT2D eigenvalue weighted by Crippen LogP contribution is -2.35. The van der Waals surface area contributed by atoms with Gasteiger partial charge in [0.2, 0.25) is 11.8 Å². The van der Waals surface area contributed by atoms with Crippen LogP contribution < -0.4 is 0 Å². The molecule has 2 amide bonds. The van der Waals surface area contributed by atoms with Crippen molar-refractivity contribution in [2.75, 3.05) is 6.54 Å². The van der Waals surface area contributed by atoms with E-state index in [9.17, 15) is 14.4 Å². The molecule has 0 atom stereocenters. The number of Topliss-reactive ketones (excluding diaryl/α,β-unsaturated/α-hetero) is 1. The first-order chi connectivity index (χ1) is 7.49. The number of hydrogen-bond donors (Lipinski definition) is 0. The Kier molecular flexibility index (Phi) is 7.42. The summed E-state index contributed by atoms with van der Waals surface area (Å²) in [6.45, 7) is 5.19. The lowest BCUT2D eigenvalue weighted by Gasteiger charge is -2.18. The summed E-state index contributed by atoms with van der Waals surface area (Å²) in [6, 6.07) is 0. The Morgan fingerprint density at radius 2 is 1.62 bits per heavy atom. The molecule has 0 fully saturated rings. The lowest BCUT2D eigenvalue weighted by molar-refractivity contribution is -0.143. The van der Waals surface area contributed by atoms with E-state index in [1.54, 1.807) is 13.8 Å². The molecule has 0 saturated carbocycles. The molecule has 0 aliphatic carbocycles. The summed E-state index contributed by atoms with van der Waals surface area (Å²) in [4.78, 5) is 34.5. The highest BCUT2D eigenvalue weighted by molar-refractivity contribution is 5.93. The number of carbonyl (C=O) groups excluding carboxylic acids is 3. The van der Waals surface area contributed by atoms with Crippen LogP contribution in [0.4, 0.5) is 0 Å². The fourth-order valence-corrected chi connectivity index (χ4v) is 1.47. The third kappa shape index (κ3) is 6.32.